The van der Waals surface area contributed by atoms with E-state index in [1.54, 1.807) is 6.07 Å². The van der Waals surface area contributed by atoms with Gasteiger partial charge in [0.05, 0.1) is 16.9 Å². The van der Waals surface area contributed by atoms with E-state index in [-0.39, 0.29) is 52.5 Å². The van der Waals surface area contributed by atoms with E-state index in [9.17, 15) is 9.59 Å². The van der Waals surface area contributed by atoms with Crippen LogP contribution in [0.4, 0.5) is 5.82 Å². The minimum atomic E-state index is -0.334. The third-order valence-corrected chi connectivity index (χ3v) is 6.64. The average molecular weight is 527 g/mol. The summed E-state index contributed by atoms with van der Waals surface area (Å²) in [7, 11) is 0. The molecule has 9 nitrogen and oxygen atoms in total. The number of nitrogens with one attached hydrogen (secondary N) is 1. The largest absolute Gasteiger partial charge is 0.396 e. The Bertz CT molecular complexity index is 1310. The molecule has 0 radical (unpaired) electrons. The van der Waals surface area contributed by atoms with Crippen LogP contribution in [0.3, 0.4) is 0 Å². The van der Waals surface area contributed by atoms with Crippen molar-refractivity contribution in [3.63, 3.8) is 0 Å². The van der Waals surface area contributed by atoms with Crippen molar-refractivity contribution in [3.8, 4) is 11.8 Å². The van der Waals surface area contributed by atoms with E-state index >= 15 is 0 Å². The number of aliphatic hydroxyl groups excluding tert-OH is 1. The highest BCUT2D eigenvalue weighted by Gasteiger charge is 2.22. The lowest BCUT2D eigenvalue weighted by atomic mass is 9.92. The number of carbonyl (C=O) groups is 2. The molecule has 36 heavy (non-hydrogen) atoms. The fourth-order valence-corrected chi connectivity index (χ4v) is 4.18. The van der Waals surface area contributed by atoms with E-state index < -0.39 is 0 Å². The third kappa shape index (κ3) is 7.13. The van der Waals surface area contributed by atoms with Gasteiger partial charge in [0.1, 0.15) is 39.8 Å². The molecule has 3 rings (SSSR count). The average Bonchev–Trinajstić information content (AvgIpc) is 3.33. The fourth-order valence-electron chi connectivity index (χ4n) is 3.06. The highest BCUT2D eigenvalue weighted by Crippen LogP contribution is 2.28. The Hall–Kier alpha value is -3.26. The highest BCUT2D eigenvalue weighted by molar-refractivity contribution is 7.13. The molecule has 3 heterocycles. The van der Waals surface area contributed by atoms with Gasteiger partial charge in [-0.3, -0.25) is 9.59 Å². The maximum Gasteiger partial charge on any atom is 0.268 e. The second-order valence-electron chi connectivity index (χ2n) is 9.10. The SMILES string of the molecule is CC(CC(=O)c1ncnc(C#CCCCO)c1Cl)c1ncc(C(=O)Nc2cc(C(C)(C)C)ncn2)s1. The molecular formula is C25H27ClN6O3S. The van der Waals surface area contributed by atoms with Crippen LogP contribution in [-0.2, 0) is 5.41 Å². The van der Waals surface area contributed by atoms with Gasteiger partial charge in [-0.2, -0.15) is 0 Å². The number of thiazole rings is 1. The first kappa shape index (κ1) is 27.3. The van der Waals surface area contributed by atoms with Crippen LogP contribution in [0.2, 0.25) is 5.02 Å². The number of nitrogens with zero attached hydrogens (tertiary/aromatic N) is 5. The van der Waals surface area contributed by atoms with Gasteiger partial charge in [-0.1, -0.05) is 45.2 Å². The zero-order valence-corrected chi connectivity index (χ0v) is 22.1. The van der Waals surface area contributed by atoms with Gasteiger partial charge >= 0.3 is 0 Å². The molecule has 0 saturated heterocycles. The normalized spacial score (nSPS) is 11.9. The van der Waals surface area contributed by atoms with Crippen molar-refractivity contribution >= 4 is 40.4 Å². The Kier molecular flexibility index (Phi) is 9.20. The first-order valence-corrected chi connectivity index (χ1v) is 12.5. The van der Waals surface area contributed by atoms with Crippen molar-refractivity contribution in [2.75, 3.05) is 11.9 Å². The van der Waals surface area contributed by atoms with Crippen LogP contribution < -0.4 is 5.32 Å². The number of hydrogen-bond donors (Lipinski definition) is 2. The summed E-state index contributed by atoms with van der Waals surface area (Å²) >= 11 is 7.54. The van der Waals surface area contributed by atoms with Gasteiger partial charge in [0.25, 0.3) is 5.91 Å². The molecule has 0 bridgehead atoms. The van der Waals surface area contributed by atoms with Gasteiger partial charge in [0.2, 0.25) is 0 Å². The second kappa shape index (κ2) is 12.1. The van der Waals surface area contributed by atoms with Crippen molar-refractivity contribution < 1.29 is 14.7 Å². The van der Waals surface area contributed by atoms with E-state index in [0.717, 1.165) is 5.69 Å². The number of carbonyl (C=O) groups excluding carboxylic acids is 2. The number of ketones is 1. The molecule has 2 N–H and O–H groups in total. The first-order valence-electron chi connectivity index (χ1n) is 11.3. The minimum Gasteiger partial charge on any atom is -0.396 e. The maximum atomic E-state index is 12.9. The van der Waals surface area contributed by atoms with Crippen LogP contribution in [0, 0.1) is 11.8 Å². The number of halogens is 1. The van der Waals surface area contributed by atoms with E-state index in [4.69, 9.17) is 16.7 Å². The number of unbranched alkanes of at least 4 members (excludes halogenated alkanes) is 1. The van der Waals surface area contributed by atoms with Crippen LogP contribution in [0.15, 0.2) is 24.9 Å². The zero-order chi connectivity index (χ0) is 26.3. The molecule has 0 aliphatic heterocycles. The molecule has 1 unspecified atom stereocenters. The summed E-state index contributed by atoms with van der Waals surface area (Å²) in [6, 6.07) is 1.75. The summed E-state index contributed by atoms with van der Waals surface area (Å²) in [6.45, 7) is 7.99. The molecule has 0 saturated carbocycles. The molecule has 1 atom stereocenters. The third-order valence-electron chi connectivity index (χ3n) is 5.06. The quantitative estimate of drug-likeness (QED) is 0.250. The fraction of sp³-hybridized carbons (Fsp3) is 0.400. The number of aromatic nitrogens is 5. The Morgan fingerprint density at radius 1 is 1.17 bits per heavy atom. The smallest absolute Gasteiger partial charge is 0.268 e. The summed E-state index contributed by atoms with van der Waals surface area (Å²) in [5, 5.41) is 12.4. The van der Waals surface area contributed by atoms with Gasteiger partial charge in [-0.15, -0.1) is 11.3 Å². The monoisotopic (exact) mass is 526 g/mol. The second-order valence-corrected chi connectivity index (χ2v) is 10.5. The summed E-state index contributed by atoms with van der Waals surface area (Å²) in [6.07, 6.45) is 5.30. The summed E-state index contributed by atoms with van der Waals surface area (Å²) in [5.41, 5.74) is 1.00. The van der Waals surface area contributed by atoms with Crippen LogP contribution in [0.5, 0.6) is 0 Å². The first-order chi connectivity index (χ1) is 17.1. The number of amides is 1. The Morgan fingerprint density at radius 2 is 1.92 bits per heavy atom. The zero-order valence-electron chi connectivity index (χ0n) is 20.5. The van der Waals surface area contributed by atoms with Crippen molar-refractivity contribution in [1.29, 1.82) is 0 Å². The standard InChI is InChI=1S/C25H27ClN6O3S/c1-15(10-17(34)22-21(26)16(28-13-31-22)8-6-5-7-9-33)24-27-12-18(36-24)23(35)32-20-11-19(25(2,3)4)29-14-30-20/h11-15,33H,5,7,9-10H2,1-4H3,(H,29,30,32,35). The van der Waals surface area contributed by atoms with Gasteiger partial charge in [0.15, 0.2) is 5.78 Å². The van der Waals surface area contributed by atoms with Crippen molar-refractivity contribution in [2.24, 2.45) is 0 Å². The number of anilines is 1. The lowest BCUT2D eigenvalue weighted by Gasteiger charge is -2.17. The predicted octanol–water partition coefficient (Wildman–Crippen LogP) is 4.43. The summed E-state index contributed by atoms with van der Waals surface area (Å²) in [5.74, 6) is 5.22. The maximum absolute atomic E-state index is 12.9. The number of Topliss-reactive ketones (excluding diaryl/α,β-unsaturated/α-hetero) is 1. The lowest BCUT2D eigenvalue weighted by molar-refractivity contribution is 0.0969. The van der Waals surface area contributed by atoms with Gasteiger partial charge in [-0.05, 0) is 12.3 Å². The number of rotatable bonds is 8. The van der Waals surface area contributed by atoms with Crippen LogP contribution in [0.25, 0.3) is 0 Å². The summed E-state index contributed by atoms with van der Waals surface area (Å²) < 4.78 is 0. The summed E-state index contributed by atoms with van der Waals surface area (Å²) in [4.78, 5) is 46.9. The van der Waals surface area contributed by atoms with Crippen molar-refractivity contribution in [2.45, 2.75) is 58.3 Å². The van der Waals surface area contributed by atoms with E-state index in [1.807, 2.05) is 27.7 Å². The number of aliphatic hydroxyl groups is 1. The van der Waals surface area contributed by atoms with Gasteiger partial charge in [-0.25, -0.2) is 24.9 Å². The Morgan fingerprint density at radius 3 is 2.64 bits per heavy atom. The molecule has 1 amide bonds. The molecule has 3 aromatic heterocycles. The van der Waals surface area contributed by atoms with Crippen LogP contribution >= 0.6 is 22.9 Å². The molecule has 0 aliphatic rings. The molecule has 0 spiro atoms. The predicted molar refractivity (Wildman–Crippen MR) is 138 cm³/mol. The van der Waals surface area contributed by atoms with Crippen molar-refractivity contribution in [3.05, 3.63) is 56.9 Å². The number of hydrogen-bond acceptors (Lipinski definition) is 9. The molecule has 0 aliphatic carbocycles. The van der Waals surface area contributed by atoms with E-state index in [1.165, 1.54) is 30.2 Å². The molecule has 0 aromatic carbocycles. The van der Waals surface area contributed by atoms with Gasteiger partial charge in [0, 0.05) is 36.8 Å². The van der Waals surface area contributed by atoms with Gasteiger partial charge < -0.3 is 10.4 Å². The molecule has 3 aromatic rings. The Labute approximate surface area is 218 Å². The Balaban J connectivity index is 1.67. The van der Waals surface area contributed by atoms with Crippen LogP contribution in [0.1, 0.15) is 89.4 Å². The molecule has 11 heteroatoms. The molecule has 0 fully saturated rings. The van der Waals surface area contributed by atoms with Crippen molar-refractivity contribution in [1.82, 2.24) is 24.9 Å². The molecule has 188 valence electrons. The van der Waals surface area contributed by atoms with E-state index in [0.29, 0.717) is 28.5 Å². The van der Waals surface area contributed by atoms with Crippen LogP contribution in [-0.4, -0.2) is 48.3 Å². The minimum absolute atomic E-state index is 0.0483. The highest BCUT2D eigenvalue weighted by atomic mass is 35.5. The van der Waals surface area contributed by atoms with E-state index in [2.05, 4.69) is 42.1 Å². The molecular weight excluding hydrogens is 500 g/mol. The topological polar surface area (TPSA) is 131 Å². The lowest BCUT2D eigenvalue weighted by Crippen LogP contribution is -2.16.